The molecule has 0 bridgehead atoms. The number of hydrogen-bond acceptors (Lipinski definition) is 7. The number of hydrogen-bond donors (Lipinski definition) is 0. The highest BCUT2D eigenvalue weighted by Gasteiger charge is 2.09. The molecule has 27 heavy (non-hydrogen) atoms. The Labute approximate surface area is 154 Å². The molecule has 0 amide bonds. The Hall–Kier alpha value is -3.81. The third-order valence-corrected chi connectivity index (χ3v) is 3.59. The summed E-state index contributed by atoms with van der Waals surface area (Å²) in [5, 5.41) is 14.5. The third kappa shape index (κ3) is 4.85. The molecule has 0 unspecified atom stereocenters. The van der Waals surface area contributed by atoms with Gasteiger partial charge >= 0.3 is 0 Å². The molecule has 0 spiro atoms. The highest BCUT2D eigenvalue weighted by atomic mass is 16.6. The van der Waals surface area contributed by atoms with Gasteiger partial charge in [0.1, 0.15) is 5.75 Å². The molecule has 0 aliphatic rings. The van der Waals surface area contributed by atoms with Crippen molar-refractivity contribution in [1.82, 2.24) is 10.1 Å². The fraction of sp³-hybridized carbons (Fsp3) is 0.105. The number of nitro groups is 1. The Bertz CT molecular complexity index is 993. The Morgan fingerprint density at radius 2 is 2.04 bits per heavy atom. The average Bonchev–Trinajstić information content (AvgIpc) is 3.10. The van der Waals surface area contributed by atoms with E-state index in [9.17, 15) is 14.9 Å². The van der Waals surface area contributed by atoms with E-state index in [1.54, 1.807) is 37.3 Å². The molecular formula is C19H15N3O5. The van der Waals surface area contributed by atoms with Crippen LogP contribution >= 0.6 is 0 Å². The summed E-state index contributed by atoms with van der Waals surface area (Å²) in [6.07, 6.45) is 3.00. The monoisotopic (exact) mass is 365 g/mol. The van der Waals surface area contributed by atoms with Crippen molar-refractivity contribution >= 4 is 17.5 Å². The van der Waals surface area contributed by atoms with Gasteiger partial charge in [-0.2, -0.15) is 4.98 Å². The highest BCUT2D eigenvalue weighted by Crippen LogP contribution is 2.16. The summed E-state index contributed by atoms with van der Waals surface area (Å²) in [7, 11) is 0. The standard InChI is InChI=1S/C19H15N3O5/c1-13-20-19(21-27-13)12-26-17-8-5-14(6-9-17)7-10-18(23)15-3-2-4-16(11-15)22(24)25/h2-11H,12H2,1H3. The Morgan fingerprint density at radius 1 is 1.26 bits per heavy atom. The predicted molar refractivity (Wildman–Crippen MR) is 96.3 cm³/mol. The molecule has 0 fully saturated rings. The Balaban J connectivity index is 1.61. The highest BCUT2D eigenvalue weighted by molar-refractivity contribution is 6.07. The van der Waals surface area contributed by atoms with Crippen LogP contribution in [0.25, 0.3) is 6.08 Å². The van der Waals surface area contributed by atoms with Gasteiger partial charge in [-0.25, -0.2) is 0 Å². The number of carbonyl (C=O) groups excluding carboxylic acids is 1. The molecule has 0 atom stereocenters. The van der Waals surface area contributed by atoms with Gasteiger partial charge in [-0.3, -0.25) is 14.9 Å². The third-order valence-electron chi connectivity index (χ3n) is 3.59. The summed E-state index contributed by atoms with van der Waals surface area (Å²) >= 11 is 0. The Kier molecular flexibility index (Phi) is 5.36. The van der Waals surface area contributed by atoms with Crippen molar-refractivity contribution < 1.29 is 19.0 Å². The molecule has 1 heterocycles. The molecule has 3 aromatic rings. The molecule has 0 aliphatic heterocycles. The van der Waals surface area contributed by atoms with Gasteiger partial charge in [-0.05, 0) is 23.8 Å². The predicted octanol–water partition coefficient (Wildman–Crippen LogP) is 3.76. The van der Waals surface area contributed by atoms with Crippen molar-refractivity contribution in [3.8, 4) is 5.75 Å². The SMILES string of the molecule is Cc1nc(COc2ccc(C=CC(=O)c3cccc([N+](=O)[O-])c3)cc2)no1. The number of aromatic nitrogens is 2. The molecule has 3 rings (SSSR count). The summed E-state index contributed by atoms with van der Waals surface area (Å²) in [6.45, 7) is 1.89. The van der Waals surface area contributed by atoms with Crippen molar-refractivity contribution in [1.29, 1.82) is 0 Å². The zero-order valence-electron chi connectivity index (χ0n) is 14.4. The molecule has 136 valence electrons. The van der Waals surface area contributed by atoms with Crippen LogP contribution in [0.2, 0.25) is 0 Å². The number of non-ortho nitro benzene ring substituents is 1. The van der Waals surface area contributed by atoms with E-state index >= 15 is 0 Å². The lowest BCUT2D eigenvalue weighted by molar-refractivity contribution is -0.384. The minimum atomic E-state index is -0.533. The second-order valence-corrected chi connectivity index (χ2v) is 5.59. The fourth-order valence-electron chi connectivity index (χ4n) is 2.26. The number of nitrogens with zero attached hydrogens (tertiary/aromatic N) is 3. The van der Waals surface area contributed by atoms with Crippen molar-refractivity contribution in [2.45, 2.75) is 13.5 Å². The zero-order valence-corrected chi connectivity index (χ0v) is 14.4. The van der Waals surface area contributed by atoms with E-state index in [4.69, 9.17) is 9.26 Å². The van der Waals surface area contributed by atoms with Crippen LogP contribution in [0.15, 0.2) is 59.1 Å². The van der Waals surface area contributed by atoms with Crippen LogP contribution in [0, 0.1) is 17.0 Å². The van der Waals surface area contributed by atoms with E-state index in [1.807, 2.05) is 0 Å². The van der Waals surface area contributed by atoms with Gasteiger partial charge in [-0.15, -0.1) is 0 Å². The lowest BCUT2D eigenvalue weighted by Crippen LogP contribution is -1.97. The van der Waals surface area contributed by atoms with Gasteiger partial charge in [0, 0.05) is 24.6 Å². The molecule has 0 saturated carbocycles. The summed E-state index contributed by atoms with van der Waals surface area (Å²) in [5.41, 5.74) is 0.930. The van der Waals surface area contributed by atoms with Crippen LogP contribution < -0.4 is 4.74 Å². The van der Waals surface area contributed by atoms with Crippen molar-refractivity contribution in [3.05, 3.63) is 87.6 Å². The Morgan fingerprint density at radius 3 is 2.70 bits per heavy atom. The number of ether oxygens (including phenoxy) is 1. The van der Waals surface area contributed by atoms with Gasteiger partial charge in [0.2, 0.25) is 11.7 Å². The van der Waals surface area contributed by atoms with Crippen molar-refractivity contribution in [3.63, 3.8) is 0 Å². The first-order valence-corrected chi connectivity index (χ1v) is 8.00. The summed E-state index contributed by atoms with van der Waals surface area (Å²) in [4.78, 5) is 26.5. The molecule has 8 heteroatoms. The maximum Gasteiger partial charge on any atom is 0.270 e. The van der Waals surface area contributed by atoms with Crippen LogP contribution in [-0.4, -0.2) is 20.8 Å². The van der Waals surface area contributed by atoms with Gasteiger partial charge in [0.25, 0.3) is 5.69 Å². The van der Waals surface area contributed by atoms with E-state index in [0.29, 0.717) is 17.5 Å². The first-order chi connectivity index (χ1) is 13.0. The van der Waals surface area contributed by atoms with Gasteiger partial charge in [0.05, 0.1) is 4.92 Å². The van der Waals surface area contributed by atoms with Crippen LogP contribution in [0.4, 0.5) is 5.69 Å². The lowest BCUT2D eigenvalue weighted by atomic mass is 10.1. The van der Waals surface area contributed by atoms with Gasteiger partial charge in [-0.1, -0.05) is 35.5 Å². The number of allylic oxidation sites excluding steroid dienone is 1. The second kappa shape index (κ2) is 8.05. The fourth-order valence-corrected chi connectivity index (χ4v) is 2.26. The van der Waals surface area contributed by atoms with Crippen LogP contribution in [0.1, 0.15) is 27.6 Å². The first-order valence-electron chi connectivity index (χ1n) is 8.00. The molecule has 0 N–H and O–H groups in total. The summed E-state index contributed by atoms with van der Waals surface area (Å²) < 4.78 is 10.4. The number of rotatable bonds is 7. The molecule has 0 saturated heterocycles. The van der Waals surface area contributed by atoms with Gasteiger partial charge < -0.3 is 9.26 Å². The molecule has 2 aromatic carbocycles. The number of ketones is 1. The number of benzene rings is 2. The smallest absolute Gasteiger partial charge is 0.270 e. The summed E-state index contributed by atoms with van der Waals surface area (Å²) in [6, 6.07) is 12.7. The van der Waals surface area contributed by atoms with Crippen molar-refractivity contribution in [2.75, 3.05) is 0 Å². The molecule has 1 aromatic heterocycles. The van der Waals surface area contributed by atoms with Crippen LogP contribution in [0.5, 0.6) is 5.75 Å². The van der Waals surface area contributed by atoms with E-state index in [2.05, 4.69) is 10.1 Å². The minimum absolute atomic E-state index is 0.118. The molecular weight excluding hydrogens is 350 g/mol. The van der Waals surface area contributed by atoms with Gasteiger partial charge in [0.15, 0.2) is 12.4 Å². The molecule has 8 nitrogen and oxygen atoms in total. The largest absolute Gasteiger partial charge is 0.485 e. The average molecular weight is 365 g/mol. The number of carbonyl (C=O) groups is 1. The lowest BCUT2D eigenvalue weighted by Gasteiger charge is -2.03. The van der Waals surface area contributed by atoms with Crippen LogP contribution in [-0.2, 0) is 6.61 Å². The molecule has 0 aliphatic carbocycles. The van der Waals surface area contributed by atoms with E-state index in [0.717, 1.165) is 5.56 Å². The van der Waals surface area contributed by atoms with Crippen LogP contribution in [0.3, 0.4) is 0 Å². The molecule has 0 radical (unpaired) electrons. The topological polar surface area (TPSA) is 108 Å². The zero-order chi connectivity index (χ0) is 19.2. The van der Waals surface area contributed by atoms with Crippen molar-refractivity contribution in [2.24, 2.45) is 0 Å². The maximum absolute atomic E-state index is 12.2. The van der Waals surface area contributed by atoms with E-state index in [-0.39, 0.29) is 23.6 Å². The second-order valence-electron chi connectivity index (χ2n) is 5.59. The summed E-state index contributed by atoms with van der Waals surface area (Å²) in [5.74, 6) is 1.24. The number of nitro benzene ring substituents is 1. The van der Waals surface area contributed by atoms with E-state index < -0.39 is 4.92 Å². The maximum atomic E-state index is 12.2. The normalized spacial score (nSPS) is 10.9. The van der Waals surface area contributed by atoms with E-state index in [1.165, 1.54) is 30.3 Å². The quantitative estimate of drug-likeness (QED) is 0.271. The number of aryl methyl sites for hydroxylation is 1. The minimum Gasteiger partial charge on any atom is -0.485 e. The first kappa shape index (κ1) is 18.0.